The maximum absolute atomic E-state index is 14.0. The first-order valence-electron chi connectivity index (χ1n) is 13.1. The van der Waals surface area contributed by atoms with E-state index in [-0.39, 0.29) is 18.4 Å². The van der Waals surface area contributed by atoms with Gasteiger partial charge in [-0.05, 0) is 53.4 Å². The molecule has 39 heavy (non-hydrogen) atoms. The second-order valence-corrected chi connectivity index (χ2v) is 9.96. The maximum atomic E-state index is 14.0. The molecule has 0 spiro atoms. The zero-order valence-electron chi connectivity index (χ0n) is 22.3. The van der Waals surface area contributed by atoms with Crippen LogP contribution in [0.25, 0.3) is 10.9 Å². The van der Waals surface area contributed by atoms with Gasteiger partial charge in [0.15, 0.2) is 11.5 Å². The molecule has 8 heteroatoms. The molecule has 0 aliphatic carbocycles. The predicted octanol–water partition coefficient (Wildman–Crippen LogP) is 4.12. The van der Waals surface area contributed by atoms with Crippen molar-refractivity contribution in [3.05, 3.63) is 89.1 Å². The first-order chi connectivity index (χ1) is 19.0. The summed E-state index contributed by atoms with van der Waals surface area (Å²) in [6.07, 6.45) is 1.07. The van der Waals surface area contributed by atoms with Gasteiger partial charge in [-0.1, -0.05) is 36.4 Å². The molecule has 0 bridgehead atoms. The standard InChI is InChI=1S/C31H31N3O5/c1-37-21-8-6-7-20(16-21)30-29-23(22-9-4-5-10-24(22)32-29)17-25-31(36)33(18-28(35)34(25)30)14-13-19-11-12-26(38-2)27(15-19)39-3/h4-12,15-16,25,30,32H,13-14,17-18H2,1-3H3/t25-,30-/m0/s1. The number of aromatic nitrogens is 1. The zero-order chi connectivity index (χ0) is 27.1. The third kappa shape index (κ3) is 4.26. The number of amides is 2. The Morgan fingerprint density at radius 3 is 2.51 bits per heavy atom. The lowest BCUT2D eigenvalue weighted by Gasteiger charge is -2.47. The summed E-state index contributed by atoms with van der Waals surface area (Å²) in [5.74, 6) is 1.91. The van der Waals surface area contributed by atoms with Crippen molar-refractivity contribution in [3.8, 4) is 17.2 Å². The highest BCUT2D eigenvalue weighted by Crippen LogP contribution is 2.43. The molecule has 2 amide bonds. The van der Waals surface area contributed by atoms with Gasteiger partial charge in [0.25, 0.3) is 0 Å². The molecule has 1 N–H and O–H groups in total. The van der Waals surface area contributed by atoms with Crippen LogP contribution < -0.4 is 14.2 Å². The summed E-state index contributed by atoms with van der Waals surface area (Å²) < 4.78 is 16.3. The van der Waals surface area contributed by atoms with Crippen LogP contribution in [0.1, 0.15) is 28.4 Å². The van der Waals surface area contributed by atoms with Crippen LogP contribution in [0.5, 0.6) is 17.2 Å². The van der Waals surface area contributed by atoms with Crippen molar-refractivity contribution < 1.29 is 23.8 Å². The third-order valence-corrected chi connectivity index (χ3v) is 7.87. The van der Waals surface area contributed by atoms with Crippen LogP contribution in [0, 0.1) is 0 Å². The van der Waals surface area contributed by atoms with Crippen LogP contribution >= 0.6 is 0 Å². The minimum Gasteiger partial charge on any atom is -0.497 e. The SMILES string of the molecule is COc1cccc([C@H]2c3[nH]c4ccccc4c3C[C@H]3C(=O)N(CCc4ccc(OC)c(OC)c4)CC(=O)N23)c1. The number of para-hydroxylation sites is 1. The fraction of sp³-hybridized carbons (Fsp3) is 0.290. The number of ether oxygens (including phenoxy) is 3. The number of fused-ring (bicyclic) bond motifs is 4. The maximum Gasteiger partial charge on any atom is 0.246 e. The van der Waals surface area contributed by atoms with Gasteiger partial charge in [-0.3, -0.25) is 9.59 Å². The number of hydrogen-bond donors (Lipinski definition) is 1. The third-order valence-electron chi connectivity index (χ3n) is 7.87. The smallest absolute Gasteiger partial charge is 0.246 e. The molecule has 1 fully saturated rings. The fourth-order valence-corrected chi connectivity index (χ4v) is 5.97. The Morgan fingerprint density at radius 2 is 1.72 bits per heavy atom. The van der Waals surface area contributed by atoms with E-state index in [9.17, 15) is 9.59 Å². The van der Waals surface area contributed by atoms with Gasteiger partial charge in [0, 0.05) is 29.6 Å². The second kappa shape index (κ2) is 10.0. The van der Waals surface area contributed by atoms with Gasteiger partial charge in [-0.2, -0.15) is 0 Å². The lowest BCUT2D eigenvalue weighted by atomic mass is 9.86. The van der Waals surface area contributed by atoms with Crippen molar-refractivity contribution in [2.45, 2.75) is 24.9 Å². The highest BCUT2D eigenvalue weighted by atomic mass is 16.5. The van der Waals surface area contributed by atoms with E-state index >= 15 is 0 Å². The van der Waals surface area contributed by atoms with E-state index < -0.39 is 12.1 Å². The lowest BCUT2D eigenvalue weighted by molar-refractivity contribution is -0.158. The molecule has 8 nitrogen and oxygen atoms in total. The number of carbonyl (C=O) groups excluding carboxylic acids is 2. The van der Waals surface area contributed by atoms with E-state index in [4.69, 9.17) is 14.2 Å². The molecule has 3 heterocycles. The van der Waals surface area contributed by atoms with Crippen molar-refractivity contribution in [3.63, 3.8) is 0 Å². The van der Waals surface area contributed by atoms with Gasteiger partial charge >= 0.3 is 0 Å². The molecule has 200 valence electrons. The number of benzene rings is 3. The number of aromatic amines is 1. The number of carbonyl (C=O) groups is 2. The molecule has 2 atom stereocenters. The number of nitrogens with zero attached hydrogens (tertiary/aromatic N) is 2. The molecule has 0 saturated carbocycles. The van der Waals surface area contributed by atoms with Gasteiger partial charge in [0.1, 0.15) is 11.8 Å². The molecule has 2 aliphatic rings. The first-order valence-corrected chi connectivity index (χ1v) is 13.1. The largest absolute Gasteiger partial charge is 0.497 e. The number of piperazine rings is 1. The minimum absolute atomic E-state index is 0.0288. The fourth-order valence-electron chi connectivity index (χ4n) is 5.97. The van der Waals surface area contributed by atoms with Crippen LogP contribution in [0.15, 0.2) is 66.7 Å². The Labute approximate surface area is 227 Å². The van der Waals surface area contributed by atoms with Crippen molar-refractivity contribution in [2.24, 2.45) is 0 Å². The number of hydrogen-bond acceptors (Lipinski definition) is 5. The van der Waals surface area contributed by atoms with Gasteiger partial charge in [0.05, 0.1) is 33.9 Å². The van der Waals surface area contributed by atoms with Gasteiger partial charge in [-0.15, -0.1) is 0 Å². The summed E-state index contributed by atoms with van der Waals surface area (Å²) in [4.78, 5) is 34.8. The Morgan fingerprint density at radius 1 is 0.897 bits per heavy atom. The van der Waals surface area contributed by atoms with E-state index in [1.807, 2.05) is 60.7 Å². The molecule has 1 saturated heterocycles. The van der Waals surface area contributed by atoms with Crippen LogP contribution in [0.3, 0.4) is 0 Å². The molecule has 2 aliphatic heterocycles. The monoisotopic (exact) mass is 525 g/mol. The summed E-state index contributed by atoms with van der Waals surface area (Å²) in [5.41, 5.74) is 4.96. The van der Waals surface area contributed by atoms with E-state index in [2.05, 4.69) is 11.1 Å². The highest BCUT2D eigenvalue weighted by Gasteiger charge is 2.48. The number of nitrogens with one attached hydrogen (secondary N) is 1. The lowest BCUT2D eigenvalue weighted by Crippen LogP contribution is -2.63. The average molecular weight is 526 g/mol. The van der Waals surface area contributed by atoms with Gasteiger partial charge in [0.2, 0.25) is 11.8 Å². The Hall–Kier alpha value is -4.46. The topological polar surface area (TPSA) is 84.1 Å². The van der Waals surface area contributed by atoms with Gasteiger partial charge in [-0.25, -0.2) is 0 Å². The first kappa shape index (κ1) is 24.9. The zero-order valence-corrected chi connectivity index (χ0v) is 22.3. The molecular weight excluding hydrogens is 494 g/mol. The van der Waals surface area contributed by atoms with Crippen molar-refractivity contribution in [2.75, 3.05) is 34.4 Å². The normalized spacial score (nSPS) is 18.6. The predicted molar refractivity (Wildman–Crippen MR) is 147 cm³/mol. The molecule has 6 rings (SSSR count). The van der Waals surface area contributed by atoms with Crippen LogP contribution in [0.4, 0.5) is 0 Å². The number of rotatable bonds is 7. The number of H-pyrrole nitrogens is 1. The molecule has 3 aromatic carbocycles. The van der Waals surface area contributed by atoms with Crippen LogP contribution in [-0.4, -0.2) is 67.1 Å². The Kier molecular flexibility index (Phi) is 6.38. The summed E-state index contributed by atoms with van der Waals surface area (Å²) in [6.45, 7) is 0.480. The summed E-state index contributed by atoms with van der Waals surface area (Å²) in [7, 11) is 4.83. The highest BCUT2D eigenvalue weighted by molar-refractivity contribution is 5.97. The second-order valence-electron chi connectivity index (χ2n) is 9.96. The average Bonchev–Trinajstić information content (AvgIpc) is 3.35. The molecular formula is C31H31N3O5. The quantitative estimate of drug-likeness (QED) is 0.393. The van der Waals surface area contributed by atoms with Crippen LogP contribution in [-0.2, 0) is 22.4 Å². The molecule has 0 unspecified atom stereocenters. The van der Waals surface area contributed by atoms with Crippen molar-refractivity contribution >= 4 is 22.7 Å². The summed E-state index contributed by atoms with van der Waals surface area (Å²) in [5, 5.41) is 1.09. The molecule has 4 aromatic rings. The van der Waals surface area contributed by atoms with E-state index in [0.717, 1.165) is 33.3 Å². The van der Waals surface area contributed by atoms with E-state index in [0.29, 0.717) is 36.6 Å². The van der Waals surface area contributed by atoms with Crippen LogP contribution in [0.2, 0.25) is 0 Å². The summed E-state index contributed by atoms with van der Waals surface area (Å²) in [6, 6.07) is 20.6. The van der Waals surface area contributed by atoms with Gasteiger partial charge < -0.3 is 29.0 Å². The number of methoxy groups -OCH3 is 3. The van der Waals surface area contributed by atoms with E-state index in [1.54, 1.807) is 31.1 Å². The van der Waals surface area contributed by atoms with Crippen molar-refractivity contribution in [1.82, 2.24) is 14.8 Å². The Bertz CT molecular complexity index is 1560. The summed E-state index contributed by atoms with van der Waals surface area (Å²) >= 11 is 0. The minimum atomic E-state index is -0.584. The Balaban J connectivity index is 1.34. The van der Waals surface area contributed by atoms with E-state index in [1.165, 1.54) is 0 Å². The molecule has 0 radical (unpaired) electrons. The van der Waals surface area contributed by atoms with Crippen molar-refractivity contribution in [1.29, 1.82) is 0 Å². The molecule has 1 aromatic heterocycles.